The highest BCUT2D eigenvalue weighted by atomic mass is 15.3. The molecule has 9 aromatic rings. The number of nitrogens with zero attached hydrogens (tertiary/aromatic N) is 4. The van der Waals surface area contributed by atoms with Gasteiger partial charge in [0.15, 0.2) is 0 Å². The van der Waals surface area contributed by atoms with Crippen LogP contribution < -0.4 is 19.6 Å². The number of para-hydroxylation sites is 3. The van der Waals surface area contributed by atoms with Crippen LogP contribution in [0.25, 0.3) is 37.9 Å². The molecule has 3 aliphatic carbocycles. The van der Waals surface area contributed by atoms with Gasteiger partial charge < -0.3 is 19.6 Å². The average Bonchev–Trinajstić information content (AvgIpc) is 3.64. The van der Waals surface area contributed by atoms with Crippen molar-refractivity contribution in [2.45, 2.75) is 50.5 Å². The fraction of sp³-hybridized carbons (Fsp3) is 0.118. The maximum Gasteiger partial charge on any atom is 0.0758 e. The fourth-order valence-corrected chi connectivity index (χ4v) is 12.9. The minimum absolute atomic E-state index is 0.437. The summed E-state index contributed by atoms with van der Waals surface area (Å²) in [6.07, 6.45) is 20.6. The predicted molar refractivity (Wildman–Crippen MR) is 304 cm³/mol. The second-order valence-corrected chi connectivity index (χ2v) is 20.2. The van der Waals surface area contributed by atoms with Crippen LogP contribution in [0.2, 0.25) is 0 Å². The zero-order chi connectivity index (χ0) is 48.0. The van der Waals surface area contributed by atoms with E-state index in [2.05, 4.69) is 276 Å². The van der Waals surface area contributed by atoms with E-state index in [9.17, 15) is 0 Å². The van der Waals surface area contributed by atoms with Crippen LogP contribution in [-0.2, 0) is 5.41 Å². The molecule has 0 N–H and O–H groups in total. The molecule has 2 aliphatic heterocycles. The average molecular weight is 927 g/mol. The Morgan fingerprint density at radius 2 is 1.07 bits per heavy atom. The van der Waals surface area contributed by atoms with Crippen molar-refractivity contribution in [1.82, 2.24) is 0 Å². The Labute approximate surface area is 422 Å². The van der Waals surface area contributed by atoms with E-state index in [1.807, 2.05) is 0 Å². The van der Waals surface area contributed by atoms with E-state index in [4.69, 9.17) is 0 Å². The molecular weight excluding hydrogens is 873 g/mol. The summed E-state index contributed by atoms with van der Waals surface area (Å²) in [5.74, 6) is 0. The SMILES string of the molecule is CC12C=CC(N(C3=CC=CCC3)c3ccccc3)=CC1(C)N(c1cccc3ccccc13)c1cc3c4c(cccc4c12)N(c1cccc2ccccc12)C1=C3CCC(N(c2ccccc2)c2ccccc2)=C1. The summed E-state index contributed by atoms with van der Waals surface area (Å²) >= 11 is 0. The molecule has 5 aliphatic rings. The van der Waals surface area contributed by atoms with Crippen LogP contribution in [0.15, 0.2) is 266 Å². The summed E-state index contributed by atoms with van der Waals surface area (Å²) in [6.45, 7) is 4.99. The number of hydrogen-bond acceptors (Lipinski definition) is 4. The first-order valence-electron chi connectivity index (χ1n) is 25.6. The molecule has 0 saturated heterocycles. The molecule has 0 amide bonds. The van der Waals surface area contributed by atoms with E-state index in [0.29, 0.717) is 0 Å². The highest BCUT2D eigenvalue weighted by molar-refractivity contribution is 6.16. The van der Waals surface area contributed by atoms with E-state index < -0.39 is 11.0 Å². The topological polar surface area (TPSA) is 13.0 Å². The molecule has 0 saturated carbocycles. The lowest BCUT2D eigenvalue weighted by Crippen LogP contribution is -2.52. The van der Waals surface area contributed by atoms with Crippen molar-refractivity contribution in [1.29, 1.82) is 0 Å². The smallest absolute Gasteiger partial charge is 0.0758 e. The van der Waals surface area contributed by atoms with Gasteiger partial charge >= 0.3 is 0 Å². The Hall–Kier alpha value is -8.60. The molecule has 346 valence electrons. The molecule has 0 radical (unpaired) electrons. The minimum atomic E-state index is -0.532. The van der Waals surface area contributed by atoms with Gasteiger partial charge in [-0.2, -0.15) is 0 Å². The zero-order valence-electron chi connectivity index (χ0n) is 40.7. The van der Waals surface area contributed by atoms with Gasteiger partial charge in [-0.3, -0.25) is 0 Å². The molecule has 0 bridgehead atoms. The Kier molecular flexibility index (Phi) is 9.69. The van der Waals surface area contributed by atoms with Gasteiger partial charge in [-0.15, -0.1) is 0 Å². The van der Waals surface area contributed by atoms with E-state index in [-0.39, 0.29) is 0 Å². The molecule has 9 aromatic carbocycles. The Morgan fingerprint density at radius 3 is 1.74 bits per heavy atom. The number of fused-ring (bicyclic) bond motifs is 7. The quantitative estimate of drug-likeness (QED) is 0.151. The molecule has 2 heterocycles. The maximum atomic E-state index is 2.73. The van der Waals surface area contributed by atoms with Crippen molar-refractivity contribution in [3.63, 3.8) is 0 Å². The van der Waals surface area contributed by atoms with Crippen LogP contribution in [0.4, 0.5) is 39.8 Å². The summed E-state index contributed by atoms with van der Waals surface area (Å²) < 4.78 is 0. The Balaban J connectivity index is 1.06. The van der Waals surface area contributed by atoms with Gasteiger partial charge in [0.2, 0.25) is 0 Å². The van der Waals surface area contributed by atoms with Crippen LogP contribution in [0, 0.1) is 0 Å². The highest BCUT2D eigenvalue weighted by Crippen LogP contribution is 2.64. The van der Waals surface area contributed by atoms with Gasteiger partial charge in [-0.1, -0.05) is 158 Å². The molecule has 0 fully saturated rings. The standard InChI is InChI=1S/C68H54N4/c1-67-43-42-54(70(51-30-11-5-12-31-51)52-32-13-6-14-33-52)46-68(67,2)72(61-38-20-25-48-23-16-18-35-56(48)61)64-45-59-57-41-40-53(69(49-26-7-3-8-27-49)50-28-9-4-10-29-50)44-63(57)71(62-39-21-36-58(65(59)62)66(64)67)60-37-19-24-47-22-15-17-34-55(47)60/h3-13,15-32,34-39,42-46H,14,33,40-41H2,1-2H3. The van der Waals surface area contributed by atoms with Crippen molar-refractivity contribution < 1.29 is 0 Å². The number of hydrogen-bond donors (Lipinski definition) is 0. The normalized spacial score (nSPS) is 19.7. The summed E-state index contributed by atoms with van der Waals surface area (Å²) in [7, 11) is 0. The van der Waals surface area contributed by atoms with Crippen molar-refractivity contribution in [2.24, 2.45) is 0 Å². The number of benzene rings is 9. The second kappa shape index (κ2) is 16.5. The van der Waals surface area contributed by atoms with Crippen LogP contribution in [0.3, 0.4) is 0 Å². The molecule has 72 heavy (non-hydrogen) atoms. The van der Waals surface area contributed by atoms with E-state index in [0.717, 1.165) is 37.1 Å². The van der Waals surface area contributed by atoms with Gasteiger partial charge in [0.1, 0.15) is 0 Å². The number of anilines is 7. The first kappa shape index (κ1) is 42.3. The van der Waals surface area contributed by atoms with Crippen molar-refractivity contribution in [3.05, 3.63) is 277 Å². The number of rotatable bonds is 8. The van der Waals surface area contributed by atoms with Crippen LogP contribution in [-0.4, -0.2) is 5.54 Å². The largest absolute Gasteiger partial charge is 0.330 e. The van der Waals surface area contributed by atoms with E-state index >= 15 is 0 Å². The van der Waals surface area contributed by atoms with Crippen LogP contribution in [0.5, 0.6) is 0 Å². The first-order valence-corrected chi connectivity index (χ1v) is 25.6. The molecular formula is C68H54N4. The van der Waals surface area contributed by atoms with Gasteiger partial charge in [0.25, 0.3) is 0 Å². The molecule has 2 unspecified atom stereocenters. The molecule has 0 aromatic heterocycles. The van der Waals surface area contributed by atoms with Crippen LogP contribution >= 0.6 is 0 Å². The van der Waals surface area contributed by atoms with Gasteiger partial charge in [-0.25, -0.2) is 0 Å². The third-order valence-corrected chi connectivity index (χ3v) is 16.3. The zero-order valence-corrected chi connectivity index (χ0v) is 40.7. The lowest BCUT2D eigenvalue weighted by molar-refractivity contribution is 0.407. The third-order valence-electron chi connectivity index (χ3n) is 16.3. The molecule has 14 rings (SSSR count). The van der Waals surface area contributed by atoms with E-state index in [1.54, 1.807) is 0 Å². The van der Waals surface area contributed by atoms with Gasteiger partial charge in [0, 0.05) is 67.1 Å². The maximum absolute atomic E-state index is 2.73. The molecule has 4 nitrogen and oxygen atoms in total. The minimum Gasteiger partial charge on any atom is -0.330 e. The third kappa shape index (κ3) is 6.31. The summed E-state index contributed by atoms with van der Waals surface area (Å²) in [4.78, 5) is 10.3. The van der Waals surface area contributed by atoms with Gasteiger partial charge in [0.05, 0.1) is 22.6 Å². The Bertz CT molecular complexity index is 3810. The molecule has 0 spiro atoms. The van der Waals surface area contributed by atoms with Crippen molar-refractivity contribution >= 4 is 77.7 Å². The Morgan fingerprint density at radius 1 is 0.500 bits per heavy atom. The second-order valence-electron chi connectivity index (χ2n) is 20.2. The fourth-order valence-electron chi connectivity index (χ4n) is 12.9. The highest BCUT2D eigenvalue weighted by Gasteiger charge is 2.58. The molecule has 4 heteroatoms. The van der Waals surface area contributed by atoms with Gasteiger partial charge in [-0.05, 0) is 157 Å². The van der Waals surface area contributed by atoms with Crippen LogP contribution in [0.1, 0.15) is 50.7 Å². The lowest BCUT2D eigenvalue weighted by Gasteiger charge is -2.47. The lowest BCUT2D eigenvalue weighted by atomic mass is 9.65. The summed E-state index contributed by atoms with van der Waals surface area (Å²) in [6, 6.07) is 73.9. The van der Waals surface area contributed by atoms with E-state index in [1.165, 1.54) is 100 Å². The molecule has 2 atom stereocenters. The summed E-state index contributed by atoms with van der Waals surface area (Å²) in [5, 5.41) is 7.57. The first-order chi connectivity index (χ1) is 35.5. The summed E-state index contributed by atoms with van der Waals surface area (Å²) in [5.41, 5.74) is 16.4. The van der Waals surface area contributed by atoms with Crippen molar-refractivity contribution in [2.75, 3.05) is 19.6 Å². The van der Waals surface area contributed by atoms with Crippen molar-refractivity contribution in [3.8, 4) is 0 Å². The predicted octanol–water partition coefficient (Wildman–Crippen LogP) is 17.9. The monoisotopic (exact) mass is 926 g/mol. The number of allylic oxidation sites excluding steroid dienone is 8.